The van der Waals surface area contributed by atoms with Crippen LogP contribution in [0.1, 0.15) is 24.9 Å². The van der Waals surface area contributed by atoms with E-state index in [1.165, 1.54) is 6.07 Å². The van der Waals surface area contributed by atoms with E-state index in [4.69, 9.17) is 5.73 Å². The lowest BCUT2D eigenvalue weighted by Crippen LogP contribution is -2.32. The van der Waals surface area contributed by atoms with Crippen LogP contribution in [-0.2, 0) is 0 Å². The number of benzene rings is 1. The van der Waals surface area contributed by atoms with E-state index in [1.54, 1.807) is 6.07 Å². The largest absolute Gasteiger partial charge is 0.367 e. The number of anilines is 1. The molecule has 0 aliphatic carbocycles. The van der Waals surface area contributed by atoms with Crippen LogP contribution in [0.4, 0.5) is 10.1 Å². The first-order valence-electron chi connectivity index (χ1n) is 6.46. The van der Waals surface area contributed by atoms with Crippen molar-refractivity contribution in [3.8, 4) is 0 Å². The lowest BCUT2D eigenvalue weighted by molar-refractivity contribution is 0.315. The van der Waals surface area contributed by atoms with Gasteiger partial charge in [-0.05, 0) is 39.1 Å². The summed E-state index contributed by atoms with van der Waals surface area (Å²) in [4.78, 5) is 4.32. The second-order valence-electron chi connectivity index (χ2n) is 5.32. The van der Waals surface area contributed by atoms with E-state index in [1.807, 2.05) is 13.0 Å². The number of likely N-dealkylation sites (N-methyl/N-ethyl adjacent to an activating group) is 1. The highest BCUT2D eigenvalue weighted by atomic mass is 19.1. The summed E-state index contributed by atoms with van der Waals surface area (Å²) >= 11 is 0. The molecule has 100 valence electrons. The highest BCUT2D eigenvalue weighted by Crippen LogP contribution is 2.31. The summed E-state index contributed by atoms with van der Waals surface area (Å²) in [7, 11) is 4.14. The quantitative estimate of drug-likeness (QED) is 0.891. The molecule has 1 aliphatic heterocycles. The number of nitrogens with zero attached hydrogens (tertiary/aromatic N) is 2. The second-order valence-corrected chi connectivity index (χ2v) is 5.32. The van der Waals surface area contributed by atoms with E-state index in [0.29, 0.717) is 11.7 Å². The summed E-state index contributed by atoms with van der Waals surface area (Å²) < 4.78 is 14.1. The third-order valence-corrected chi connectivity index (χ3v) is 3.72. The minimum Gasteiger partial charge on any atom is -0.367 e. The molecule has 2 rings (SSSR count). The lowest BCUT2D eigenvalue weighted by atomic mass is 10.1. The van der Waals surface area contributed by atoms with Crippen molar-refractivity contribution in [2.45, 2.75) is 25.4 Å². The van der Waals surface area contributed by atoms with Crippen molar-refractivity contribution in [2.75, 3.05) is 32.1 Å². The van der Waals surface area contributed by atoms with Crippen molar-refractivity contribution < 1.29 is 4.39 Å². The van der Waals surface area contributed by atoms with Gasteiger partial charge in [0.25, 0.3) is 0 Å². The van der Waals surface area contributed by atoms with Gasteiger partial charge < -0.3 is 15.5 Å². The van der Waals surface area contributed by atoms with Crippen LogP contribution in [-0.4, -0.2) is 38.1 Å². The zero-order valence-electron chi connectivity index (χ0n) is 11.4. The van der Waals surface area contributed by atoms with Gasteiger partial charge in [-0.25, -0.2) is 4.39 Å². The Morgan fingerprint density at radius 2 is 2.17 bits per heavy atom. The standard InChI is InChI=1S/C14H22FN3/c1-10(16)12-5-4-6-13(15)14(12)18-8-7-11(9-18)17(2)3/h4-6,10-11H,7-9,16H2,1-3H3/t10-,11?/m0/s1. The van der Waals surface area contributed by atoms with Gasteiger partial charge in [0, 0.05) is 25.2 Å². The van der Waals surface area contributed by atoms with Gasteiger partial charge in [-0.2, -0.15) is 0 Å². The number of para-hydroxylation sites is 1. The summed E-state index contributed by atoms with van der Waals surface area (Å²) in [6, 6.07) is 5.52. The molecule has 4 heteroatoms. The van der Waals surface area contributed by atoms with Crippen LogP contribution in [0.2, 0.25) is 0 Å². The fourth-order valence-electron chi connectivity index (χ4n) is 2.60. The van der Waals surface area contributed by atoms with E-state index in [9.17, 15) is 4.39 Å². The van der Waals surface area contributed by atoms with Gasteiger partial charge >= 0.3 is 0 Å². The SMILES string of the molecule is C[C@H](N)c1cccc(F)c1N1CCC(N(C)C)C1. The molecule has 1 fully saturated rings. The van der Waals surface area contributed by atoms with Gasteiger partial charge in [0.2, 0.25) is 0 Å². The number of rotatable bonds is 3. The molecule has 1 aromatic carbocycles. The van der Waals surface area contributed by atoms with Crippen LogP contribution in [0.25, 0.3) is 0 Å². The lowest BCUT2D eigenvalue weighted by Gasteiger charge is -2.25. The van der Waals surface area contributed by atoms with Crippen LogP contribution in [0.15, 0.2) is 18.2 Å². The number of hydrogen-bond donors (Lipinski definition) is 1. The van der Waals surface area contributed by atoms with Gasteiger partial charge in [-0.1, -0.05) is 12.1 Å². The summed E-state index contributed by atoms with van der Waals surface area (Å²) in [5.41, 5.74) is 7.53. The van der Waals surface area contributed by atoms with Crippen molar-refractivity contribution in [3.05, 3.63) is 29.6 Å². The van der Waals surface area contributed by atoms with Gasteiger partial charge in [0.1, 0.15) is 5.82 Å². The number of nitrogens with two attached hydrogens (primary N) is 1. The zero-order chi connectivity index (χ0) is 13.3. The molecule has 0 radical (unpaired) electrons. The Morgan fingerprint density at radius 3 is 2.72 bits per heavy atom. The average Bonchev–Trinajstić information content (AvgIpc) is 2.77. The molecule has 0 amide bonds. The predicted molar refractivity (Wildman–Crippen MR) is 73.3 cm³/mol. The zero-order valence-corrected chi connectivity index (χ0v) is 11.4. The molecule has 2 N–H and O–H groups in total. The minimum absolute atomic E-state index is 0.144. The van der Waals surface area contributed by atoms with E-state index in [2.05, 4.69) is 23.9 Å². The number of halogens is 1. The van der Waals surface area contributed by atoms with Crippen molar-refractivity contribution >= 4 is 5.69 Å². The van der Waals surface area contributed by atoms with E-state index in [0.717, 1.165) is 25.1 Å². The topological polar surface area (TPSA) is 32.5 Å². The third kappa shape index (κ3) is 2.49. The molecule has 1 heterocycles. The maximum Gasteiger partial charge on any atom is 0.146 e. The highest BCUT2D eigenvalue weighted by Gasteiger charge is 2.27. The monoisotopic (exact) mass is 251 g/mol. The summed E-state index contributed by atoms with van der Waals surface area (Å²) in [6.07, 6.45) is 1.07. The van der Waals surface area contributed by atoms with Gasteiger partial charge in [-0.15, -0.1) is 0 Å². The normalized spacial score (nSPS) is 21.7. The Balaban J connectivity index is 2.29. The van der Waals surface area contributed by atoms with Crippen LogP contribution in [0, 0.1) is 5.82 Å². The van der Waals surface area contributed by atoms with Crippen LogP contribution < -0.4 is 10.6 Å². The van der Waals surface area contributed by atoms with Crippen LogP contribution in [0.3, 0.4) is 0 Å². The molecule has 2 atom stereocenters. The third-order valence-electron chi connectivity index (χ3n) is 3.72. The van der Waals surface area contributed by atoms with Gasteiger partial charge in [0.15, 0.2) is 0 Å². The highest BCUT2D eigenvalue weighted by molar-refractivity contribution is 5.57. The maximum absolute atomic E-state index is 14.1. The molecule has 1 unspecified atom stereocenters. The first-order valence-corrected chi connectivity index (χ1v) is 6.46. The number of hydrogen-bond acceptors (Lipinski definition) is 3. The van der Waals surface area contributed by atoms with E-state index >= 15 is 0 Å². The second kappa shape index (κ2) is 5.24. The Kier molecular flexibility index (Phi) is 3.88. The fraction of sp³-hybridized carbons (Fsp3) is 0.571. The molecular formula is C14H22FN3. The van der Waals surface area contributed by atoms with Crippen LogP contribution >= 0.6 is 0 Å². The summed E-state index contributed by atoms with van der Waals surface area (Å²) in [5.74, 6) is -0.163. The molecule has 3 nitrogen and oxygen atoms in total. The van der Waals surface area contributed by atoms with Crippen molar-refractivity contribution in [1.82, 2.24) is 4.90 Å². The van der Waals surface area contributed by atoms with E-state index in [-0.39, 0.29) is 11.9 Å². The Hall–Kier alpha value is -1.13. The fourth-order valence-corrected chi connectivity index (χ4v) is 2.60. The molecule has 1 aliphatic rings. The Bertz CT molecular complexity index is 418. The van der Waals surface area contributed by atoms with Gasteiger partial charge in [-0.3, -0.25) is 0 Å². The van der Waals surface area contributed by atoms with E-state index < -0.39 is 0 Å². The molecular weight excluding hydrogens is 229 g/mol. The molecule has 1 aromatic rings. The summed E-state index contributed by atoms with van der Waals surface area (Å²) in [5, 5.41) is 0. The van der Waals surface area contributed by atoms with Crippen molar-refractivity contribution in [3.63, 3.8) is 0 Å². The molecule has 0 bridgehead atoms. The van der Waals surface area contributed by atoms with Gasteiger partial charge in [0.05, 0.1) is 5.69 Å². The Labute approximate surface area is 108 Å². The Morgan fingerprint density at radius 1 is 1.44 bits per heavy atom. The van der Waals surface area contributed by atoms with Crippen molar-refractivity contribution in [1.29, 1.82) is 0 Å². The van der Waals surface area contributed by atoms with Crippen molar-refractivity contribution in [2.24, 2.45) is 5.73 Å². The molecule has 0 aromatic heterocycles. The smallest absolute Gasteiger partial charge is 0.146 e. The first-order chi connectivity index (χ1) is 8.50. The molecule has 1 saturated heterocycles. The van der Waals surface area contributed by atoms with Crippen LogP contribution in [0.5, 0.6) is 0 Å². The molecule has 18 heavy (non-hydrogen) atoms. The first kappa shape index (κ1) is 13.3. The molecule has 0 saturated carbocycles. The predicted octanol–water partition coefficient (Wildman–Crippen LogP) is 1.99. The molecule has 0 spiro atoms. The summed E-state index contributed by atoms with van der Waals surface area (Å²) in [6.45, 7) is 3.66. The maximum atomic E-state index is 14.1. The minimum atomic E-state index is -0.163. The average molecular weight is 251 g/mol.